The number of hydrogen-bond donors (Lipinski definition) is 1. The molecule has 0 aromatic carbocycles. The van der Waals surface area contributed by atoms with Crippen LogP contribution < -0.4 is 5.73 Å². The molecule has 0 aliphatic heterocycles. The van der Waals surface area contributed by atoms with Gasteiger partial charge in [0.15, 0.2) is 0 Å². The Morgan fingerprint density at radius 3 is 2.50 bits per heavy atom. The van der Waals surface area contributed by atoms with Crippen molar-refractivity contribution in [1.82, 2.24) is 0 Å². The fourth-order valence-electron chi connectivity index (χ4n) is 0.232. The molecule has 0 amide bonds. The molecule has 0 aliphatic rings. The van der Waals surface area contributed by atoms with E-state index in [2.05, 4.69) is 11.7 Å². The van der Waals surface area contributed by atoms with Gasteiger partial charge in [0.2, 0.25) is 6.67 Å². The minimum absolute atomic E-state index is 0.572. The van der Waals surface area contributed by atoms with E-state index in [-0.39, 0.29) is 0 Å². The van der Waals surface area contributed by atoms with Crippen molar-refractivity contribution in [1.29, 1.82) is 0 Å². The summed E-state index contributed by atoms with van der Waals surface area (Å²) in [6, 6.07) is 0. The second-order valence-electron chi connectivity index (χ2n) is 1.80. The van der Waals surface area contributed by atoms with Gasteiger partial charge < -0.3 is 5.73 Å². The highest BCUT2D eigenvalue weighted by atomic mass is 15.1. The zero-order chi connectivity index (χ0) is 6.57. The third-order valence-electron chi connectivity index (χ3n) is 0.562. The quantitative estimate of drug-likeness (QED) is 0.298. The summed E-state index contributed by atoms with van der Waals surface area (Å²) in [6.45, 7) is 5.91. The van der Waals surface area contributed by atoms with Crippen molar-refractivity contribution in [2.45, 2.75) is 6.92 Å². The molecule has 0 atom stereocenters. The largest absolute Gasteiger partial charge is 0.387 e. The van der Waals surface area contributed by atoms with Crippen LogP contribution in [0.4, 0.5) is 0 Å². The topological polar surface area (TPSA) is 41.4 Å². The smallest absolute Gasteiger partial charge is 0.236 e. The number of nitrogens with two attached hydrogens (primary N) is 1. The highest BCUT2D eigenvalue weighted by Gasteiger charge is 1.83. The number of aliphatic imine (C=N–C) groups is 1. The molecule has 0 rings (SSSR count). The van der Waals surface area contributed by atoms with Crippen LogP contribution in [0.3, 0.4) is 0 Å². The summed E-state index contributed by atoms with van der Waals surface area (Å²) in [5.41, 5.74) is 5.24. The Morgan fingerprint density at radius 2 is 2.38 bits per heavy atom. The van der Waals surface area contributed by atoms with Crippen LogP contribution >= 0.6 is 0 Å². The minimum atomic E-state index is 0.572. The molecule has 3 nitrogen and oxygen atoms in total. The average Bonchev–Trinajstić information content (AvgIpc) is 1.61. The van der Waals surface area contributed by atoms with E-state index in [0.29, 0.717) is 12.5 Å². The summed E-state index contributed by atoms with van der Waals surface area (Å²) in [5.74, 6) is 0.598. The van der Waals surface area contributed by atoms with Crippen LogP contribution in [0.5, 0.6) is 0 Å². The van der Waals surface area contributed by atoms with Gasteiger partial charge in [-0.3, -0.25) is 0 Å². The Morgan fingerprint density at radius 1 is 1.88 bits per heavy atom. The highest BCUT2D eigenvalue weighted by molar-refractivity contribution is 5.77. The summed E-state index contributed by atoms with van der Waals surface area (Å²) in [5, 5.41) is 0. The van der Waals surface area contributed by atoms with Crippen LogP contribution in [0.15, 0.2) is 4.99 Å². The second kappa shape index (κ2) is 3.18. The minimum Gasteiger partial charge on any atom is -0.387 e. The molecule has 0 fully saturated rings. The molecular formula is C5H12N3+. The first-order valence-corrected chi connectivity index (χ1v) is 2.41. The predicted octanol–water partition coefficient (Wildman–Crippen LogP) is -0.336. The maximum Gasteiger partial charge on any atom is 0.236 e. The highest BCUT2D eigenvalue weighted by Crippen LogP contribution is 1.68. The summed E-state index contributed by atoms with van der Waals surface area (Å²) >= 11 is 0. The van der Waals surface area contributed by atoms with Crippen molar-refractivity contribution in [2.75, 3.05) is 13.7 Å². The molecule has 8 heavy (non-hydrogen) atoms. The molecule has 0 unspecified atom stereocenters. The summed E-state index contributed by atoms with van der Waals surface area (Å²) in [6.07, 6.45) is 0. The molecule has 0 heterocycles. The lowest BCUT2D eigenvalue weighted by Gasteiger charge is -1.87. The maximum atomic E-state index is 5.24. The molecular weight excluding hydrogens is 102 g/mol. The first kappa shape index (κ1) is 7.14. The first-order valence-electron chi connectivity index (χ1n) is 2.41. The van der Waals surface area contributed by atoms with E-state index in [9.17, 15) is 0 Å². The van der Waals surface area contributed by atoms with Gasteiger partial charge in [0, 0.05) is 0 Å². The number of nitrogens with zero attached hydrogens (tertiary/aromatic N) is 2. The van der Waals surface area contributed by atoms with Gasteiger partial charge in [-0.25, -0.2) is 9.57 Å². The normalized spacial score (nSPS) is 11.5. The third kappa shape index (κ3) is 5.14. The Kier molecular flexibility index (Phi) is 2.84. The molecule has 0 aromatic heterocycles. The van der Waals surface area contributed by atoms with Crippen LogP contribution in [0.1, 0.15) is 6.92 Å². The van der Waals surface area contributed by atoms with Crippen molar-refractivity contribution in [3.63, 3.8) is 0 Å². The first-order chi connectivity index (χ1) is 3.63. The van der Waals surface area contributed by atoms with Gasteiger partial charge in [-0.2, -0.15) is 0 Å². The van der Waals surface area contributed by atoms with Crippen molar-refractivity contribution in [3.8, 4) is 0 Å². The zero-order valence-electron chi connectivity index (χ0n) is 5.39. The average molecular weight is 114 g/mol. The van der Waals surface area contributed by atoms with Crippen LogP contribution in [0.25, 0.3) is 0 Å². The van der Waals surface area contributed by atoms with Crippen LogP contribution in [0, 0.1) is 0 Å². The van der Waals surface area contributed by atoms with Crippen molar-refractivity contribution < 1.29 is 4.58 Å². The summed E-state index contributed by atoms with van der Waals surface area (Å²) in [4.78, 5) is 3.88. The molecule has 0 saturated heterocycles. The van der Waals surface area contributed by atoms with E-state index >= 15 is 0 Å². The zero-order valence-corrected chi connectivity index (χ0v) is 5.39. The van der Waals surface area contributed by atoms with Gasteiger partial charge in [-0.1, -0.05) is 0 Å². The van der Waals surface area contributed by atoms with Crippen molar-refractivity contribution in [2.24, 2.45) is 10.7 Å². The third-order valence-corrected chi connectivity index (χ3v) is 0.562. The van der Waals surface area contributed by atoms with Gasteiger partial charge in [0.25, 0.3) is 0 Å². The van der Waals surface area contributed by atoms with Gasteiger partial charge in [-0.15, -0.1) is 0 Å². The Bertz CT molecular complexity index is 111. The molecule has 0 aromatic rings. The van der Waals surface area contributed by atoms with Crippen LogP contribution in [0.2, 0.25) is 0 Å². The Balaban J connectivity index is 3.45. The molecule has 0 aliphatic carbocycles. The summed E-state index contributed by atoms with van der Waals surface area (Å²) < 4.78 is 1.70. The number of amidine groups is 1. The van der Waals surface area contributed by atoms with Gasteiger partial charge in [-0.05, 0) is 6.92 Å². The molecule has 3 heteroatoms. The number of rotatable bonds is 2. The lowest BCUT2D eigenvalue weighted by atomic mass is 10.7. The molecule has 0 saturated carbocycles. The molecule has 0 spiro atoms. The number of hydrogen-bond acceptors (Lipinski definition) is 1. The molecule has 2 N–H and O–H groups in total. The van der Waals surface area contributed by atoms with Gasteiger partial charge >= 0.3 is 0 Å². The fraction of sp³-hybridized carbons (Fsp3) is 0.600. The lowest BCUT2D eigenvalue weighted by Crippen LogP contribution is -2.10. The van der Waals surface area contributed by atoms with E-state index in [1.165, 1.54) is 0 Å². The van der Waals surface area contributed by atoms with Gasteiger partial charge in [0.05, 0.1) is 5.84 Å². The van der Waals surface area contributed by atoms with E-state index < -0.39 is 0 Å². The SMILES string of the molecule is C=[N+](C)CN=C(C)N. The Labute approximate surface area is 49.5 Å². The molecule has 0 radical (unpaired) electrons. The standard InChI is InChI=1S/C5H12N3/c1-5(6)7-4-8(2)3/h2,4H2,1,3H3,(H2,6,7)/q+1. The monoisotopic (exact) mass is 114 g/mol. The van der Waals surface area contributed by atoms with E-state index in [1.807, 2.05) is 7.05 Å². The van der Waals surface area contributed by atoms with E-state index in [1.54, 1.807) is 11.5 Å². The second-order valence-corrected chi connectivity index (χ2v) is 1.80. The van der Waals surface area contributed by atoms with E-state index in [4.69, 9.17) is 5.73 Å². The van der Waals surface area contributed by atoms with Crippen LogP contribution in [-0.4, -0.2) is 30.8 Å². The van der Waals surface area contributed by atoms with Crippen molar-refractivity contribution in [3.05, 3.63) is 0 Å². The van der Waals surface area contributed by atoms with Crippen LogP contribution in [-0.2, 0) is 0 Å². The fourth-order valence-corrected chi connectivity index (χ4v) is 0.232. The van der Waals surface area contributed by atoms with Gasteiger partial charge in [0.1, 0.15) is 13.8 Å². The van der Waals surface area contributed by atoms with E-state index in [0.717, 1.165) is 0 Å². The maximum absolute atomic E-state index is 5.24. The molecule has 46 valence electrons. The lowest BCUT2D eigenvalue weighted by molar-refractivity contribution is -0.486. The predicted molar refractivity (Wildman–Crippen MR) is 35.5 cm³/mol. The molecule has 0 bridgehead atoms. The van der Waals surface area contributed by atoms with Crippen molar-refractivity contribution >= 4 is 12.6 Å². The Hall–Kier alpha value is -0.860. The summed E-state index contributed by atoms with van der Waals surface area (Å²) in [7, 11) is 1.84.